The number of anilines is 1. The van der Waals surface area contributed by atoms with Crippen molar-refractivity contribution < 1.29 is 14.4 Å². The van der Waals surface area contributed by atoms with Gasteiger partial charge in [0.1, 0.15) is 6.04 Å². The van der Waals surface area contributed by atoms with Crippen LogP contribution in [0.25, 0.3) is 0 Å². The summed E-state index contributed by atoms with van der Waals surface area (Å²) in [6, 6.07) is 14.1. The van der Waals surface area contributed by atoms with Gasteiger partial charge in [-0.15, -0.1) is 0 Å². The third kappa shape index (κ3) is 4.41. The van der Waals surface area contributed by atoms with Crippen LogP contribution in [0.5, 0.6) is 0 Å². The molecule has 3 amide bonds. The molecule has 2 aromatic rings. The zero-order chi connectivity index (χ0) is 16.8. The van der Waals surface area contributed by atoms with Gasteiger partial charge in [0.15, 0.2) is 0 Å². The first kappa shape index (κ1) is 16.2. The normalized spacial score (nSPS) is 11.3. The number of hydrogen-bond acceptors (Lipinski definition) is 3. The second-order valence-electron chi connectivity index (χ2n) is 4.99. The van der Waals surface area contributed by atoms with Crippen molar-refractivity contribution in [3.05, 3.63) is 65.7 Å². The summed E-state index contributed by atoms with van der Waals surface area (Å²) in [5, 5.41) is 5.28. The molecule has 0 fully saturated rings. The number of nitrogens with one attached hydrogen (secondary N) is 2. The molecule has 1 atom stereocenters. The van der Waals surface area contributed by atoms with Crippen molar-refractivity contribution in [1.29, 1.82) is 0 Å². The highest BCUT2D eigenvalue weighted by Crippen LogP contribution is 2.09. The molecule has 0 spiro atoms. The zero-order valence-electron chi connectivity index (χ0n) is 12.6. The standard InChI is InChI=1S/C17H17N3O3/c1-11(19-17(23)13-5-3-2-4-6-13)16(22)20-14-9-7-12(8-10-14)15(18)21/h2-11H,1H3,(H2,18,21)(H,19,23)(H,20,22). The Balaban J connectivity index is 1.94. The predicted octanol–water partition coefficient (Wildman–Crippen LogP) is 1.54. The van der Waals surface area contributed by atoms with Crippen molar-refractivity contribution in [3.8, 4) is 0 Å². The first-order chi connectivity index (χ1) is 11.0. The second kappa shape index (κ2) is 7.22. The number of hydrogen-bond donors (Lipinski definition) is 3. The van der Waals surface area contributed by atoms with E-state index in [4.69, 9.17) is 5.73 Å². The van der Waals surface area contributed by atoms with Crippen molar-refractivity contribution in [2.45, 2.75) is 13.0 Å². The molecule has 0 aliphatic rings. The Hall–Kier alpha value is -3.15. The molecule has 118 valence electrons. The SMILES string of the molecule is CC(NC(=O)c1ccccc1)C(=O)Nc1ccc(C(N)=O)cc1. The lowest BCUT2D eigenvalue weighted by molar-refractivity contribution is -0.117. The summed E-state index contributed by atoms with van der Waals surface area (Å²) < 4.78 is 0. The molecular formula is C17H17N3O3. The molecular weight excluding hydrogens is 294 g/mol. The van der Waals surface area contributed by atoms with E-state index in [-0.39, 0.29) is 11.8 Å². The Bertz CT molecular complexity index is 712. The van der Waals surface area contributed by atoms with Gasteiger partial charge in [-0.25, -0.2) is 0 Å². The minimum atomic E-state index is -0.710. The Morgan fingerprint density at radius 3 is 2.09 bits per heavy atom. The van der Waals surface area contributed by atoms with E-state index >= 15 is 0 Å². The molecule has 2 rings (SSSR count). The Kier molecular flexibility index (Phi) is 5.09. The minimum absolute atomic E-state index is 0.322. The van der Waals surface area contributed by atoms with E-state index in [1.54, 1.807) is 43.3 Å². The molecule has 6 nitrogen and oxygen atoms in total. The van der Waals surface area contributed by atoms with Crippen LogP contribution in [0, 0.1) is 0 Å². The second-order valence-corrected chi connectivity index (χ2v) is 4.99. The average molecular weight is 311 g/mol. The molecule has 0 heterocycles. The van der Waals surface area contributed by atoms with Crippen LogP contribution in [0.3, 0.4) is 0 Å². The summed E-state index contributed by atoms with van der Waals surface area (Å²) in [6.45, 7) is 1.59. The molecule has 23 heavy (non-hydrogen) atoms. The van der Waals surface area contributed by atoms with Gasteiger partial charge in [0.25, 0.3) is 5.91 Å². The topological polar surface area (TPSA) is 101 Å². The van der Waals surface area contributed by atoms with E-state index in [0.717, 1.165) is 0 Å². The number of rotatable bonds is 5. The summed E-state index contributed by atoms with van der Waals surface area (Å²) in [5.74, 6) is -1.22. The van der Waals surface area contributed by atoms with Crippen LogP contribution >= 0.6 is 0 Å². The third-order valence-electron chi connectivity index (χ3n) is 3.21. The van der Waals surface area contributed by atoms with Gasteiger partial charge < -0.3 is 16.4 Å². The number of benzene rings is 2. The number of primary amides is 1. The highest BCUT2D eigenvalue weighted by atomic mass is 16.2. The monoisotopic (exact) mass is 311 g/mol. The summed E-state index contributed by atoms with van der Waals surface area (Å²) in [7, 11) is 0. The maximum Gasteiger partial charge on any atom is 0.251 e. The molecule has 1 unspecified atom stereocenters. The van der Waals surface area contributed by atoms with Gasteiger partial charge in [0.2, 0.25) is 11.8 Å². The van der Waals surface area contributed by atoms with Crippen LogP contribution in [0.2, 0.25) is 0 Å². The molecule has 0 radical (unpaired) electrons. The van der Waals surface area contributed by atoms with Crippen LogP contribution in [0.1, 0.15) is 27.6 Å². The summed E-state index contributed by atoms with van der Waals surface area (Å²) in [5.41, 5.74) is 6.50. The average Bonchev–Trinajstić information content (AvgIpc) is 2.56. The van der Waals surface area contributed by atoms with E-state index in [9.17, 15) is 14.4 Å². The lowest BCUT2D eigenvalue weighted by Crippen LogP contribution is -2.41. The summed E-state index contributed by atoms with van der Waals surface area (Å²) in [6.07, 6.45) is 0. The number of carbonyl (C=O) groups excluding carboxylic acids is 3. The fourth-order valence-electron chi connectivity index (χ4n) is 1.90. The fraction of sp³-hybridized carbons (Fsp3) is 0.118. The smallest absolute Gasteiger partial charge is 0.251 e. The van der Waals surface area contributed by atoms with Gasteiger partial charge in [-0.2, -0.15) is 0 Å². The molecule has 4 N–H and O–H groups in total. The van der Waals surface area contributed by atoms with Crippen LogP contribution in [-0.2, 0) is 4.79 Å². The molecule has 0 saturated heterocycles. The first-order valence-corrected chi connectivity index (χ1v) is 7.04. The third-order valence-corrected chi connectivity index (χ3v) is 3.21. The van der Waals surface area contributed by atoms with Crippen LogP contribution in [0.4, 0.5) is 5.69 Å². The number of amides is 3. The van der Waals surface area contributed by atoms with Gasteiger partial charge >= 0.3 is 0 Å². The molecule has 0 bridgehead atoms. The summed E-state index contributed by atoms with van der Waals surface area (Å²) >= 11 is 0. The number of carbonyl (C=O) groups is 3. The van der Waals surface area contributed by atoms with E-state index in [0.29, 0.717) is 16.8 Å². The van der Waals surface area contributed by atoms with Gasteiger partial charge in [-0.3, -0.25) is 14.4 Å². The highest BCUT2D eigenvalue weighted by Gasteiger charge is 2.16. The van der Waals surface area contributed by atoms with E-state index in [1.807, 2.05) is 6.07 Å². The van der Waals surface area contributed by atoms with Crippen molar-refractivity contribution in [3.63, 3.8) is 0 Å². The lowest BCUT2D eigenvalue weighted by atomic mass is 10.2. The number of nitrogens with two attached hydrogens (primary N) is 1. The van der Waals surface area contributed by atoms with Crippen molar-refractivity contribution in [2.24, 2.45) is 5.73 Å². The minimum Gasteiger partial charge on any atom is -0.366 e. The lowest BCUT2D eigenvalue weighted by Gasteiger charge is -2.14. The van der Waals surface area contributed by atoms with Crippen LogP contribution in [0.15, 0.2) is 54.6 Å². The molecule has 0 aliphatic carbocycles. The van der Waals surface area contributed by atoms with Crippen LogP contribution < -0.4 is 16.4 Å². The van der Waals surface area contributed by atoms with E-state index in [2.05, 4.69) is 10.6 Å². The van der Waals surface area contributed by atoms with E-state index in [1.165, 1.54) is 12.1 Å². The largest absolute Gasteiger partial charge is 0.366 e. The van der Waals surface area contributed by atoms with Gasteiger partial charge in [-0.1, -0.05) is 18.2 Å². The maximum absolute atomic E-state index is 12.1. The van der Waals surface area contributed by atoms with Crippen LogP contribution in [-0.4, -0.2) is 23.8 Å². The summed E-state index contributed by atoms with van der Waals surface area (Å²) in [4.78, 5) is 35.1. The highest BCUT2D eigenvalue weighted by molar-refractivity contribution is 6.01. The zero-order valence-corrected chi connectivity index (χ0v) is 12.6. The molecule has 2 aromatic carbocycles. The van der Waals surface area contributed by atoms with Crippen molar-refractivity contribution in [2.75, 3.05) is 5.32 Å². The molecule has 0 aromatic heterocycles. The Morgan fingerprint density at radius 2 is 1.52 bits per heavy atom. The van der Waals surface area contributed by atoms with Crippen molar-refractivity contribution >= 4 is 23.4 Å². The quantitative estimate of drug-likeness (QED) is 0.780. The fourth-order valence-corrected chi connectivity index (χ4v) is 1.90. The first-order valence-electron chi connectivity index (χ1n) is 7.04. The Morgan fingerprint density at radius 1 is 0.913 bits per heavy atom. The molecule has 6 heteroatoms. The van der Waals surface area contributed by atoms with Gasteiger partial charge in [-0.05, 0) is 43.3 Å². The van der Waals surface area contributed by atoms with Gasteiger partial charge in [0.05, 0.1) is 0 Å². The van der Waals surface area contributed by atoms with Gasteiger partial charge in [0, 0.05) is 16.8 Å². The predicted molar refractivity (Wildman–Crippen MR) is 87.0 cm³/mol. The molecule has 0 aliphatic heterocycles. The van der Waals surface area contributed by atoms with E-state index < -0.39 is 11.9 Å². The maximum atomic E-state index is 12.1. The Labute approximate surface area is 133 Å². The van der Waals surface area contributed by atoms with Crippen molar-refractivity contribution in [1.82, 2.24) is 5.32 Å². The molecule has 0 saturated carbocycles.